The number of alkyl carbamates (subject to hydrolysis) is 1. The van der Waals surface area contributed by atoms with E-state index in [1.54, 1.807) is 19.1 Å². The molecule has 3 aromatic rings. The number of pyridine rings is 1. The predicted molar refractivity (Wildman–Crippen MR) is 286 cm³/mol. The molecule has 1 aliphatic rings. The number of ketones is 2. The van der Waals surface area contributed by atoms with Crippen LogP contribution in [0.3, 0.4) is 0 Å². The molecule has 2 aromatic heterocycles. The van der Waals surface area contributed by atoms with Crippen LogP contribution < -0.4 is 10.6 Å². The number of phenols is 1. The lowest BCUT2D eigenvalue weighted by Gasteiger charge is -2.39. The summed E-state index contributed by atoms with van der Waals surface area (Å²) in [4.78, 5) is 117. The number of thiazole rings is 1. The highest BCUT2D eigenvalue weighted by atomic mass is 33.1. The fourth-order valence-corrected chi connectivity index (χ4v) is 11.4. The molecule has 0 aliphatic carbocycles. The number of Topliss-reactive ketones (excluding diaryl/α,β-unsaturated/α-hetero) is 2. The van der Waals surface area contributed by atoms with Crippen LogP contribution in [0.1, 0.15) is 133 Å². The van der Waals surface area contributed by atoms with E-state index in [1.807, 2.05) is 46.6 Å². The Labute approximate surface area is 451 Å². The van der Waals surface area contributed by atoms with E-state index in [0.29, 0.717) is 19.3 Å². The minimum atomic E-state index is -1.04. The number of hydrogen-bond donors (Lipinski definition) is 3. The lowest BCUT2D eigenvalue weighted by molar-refractivity contribution is -0.388. The van der Waals surface area contributed by atoms with Gasteiger partial charge in [-0.3, -0.25) is 43.8 Å². The summed E-state index contributed by atoms with van der Waals surface area (Å²) < 4.78 is 16.8. The van der Waals surface area contributed by atoms with Gasteiger partial charge in [0.2, 0.25) is 5.91 Å². The molecule has 3 N–H and O–H groups in total. The molecular formula is C52H73N7O13S3. The molecule has 1 aliphatic heterocycles. The first-order valence-corrected chi connectivity index (χ1v) is 28.6. The molecule has 0 spiro atoms. The lowest BCUT2D eigenvalue weighted by Crippen LogP contribution is -2.50. The smallest absolute Gasteiger partial charge is 0.407 e. The second kappa shape index (κ2) is 31.4. The summed E-state index contributed by atoms with van der Waals surface area (Å²) in [5.74, 6) is -3.90. The number of amides is 3. The number of nitrogens with one attached hydrogen (secondary N) is 2. The van der Waals surface area contributed by atoms with Crippen molar-refractivity contribution in [2.24, 2.45) is 23.7 Å². The van der Waals surface area contributed by atoms with Crippen molar-refractivity contribution in [2.75, 3.05) is 39.2 Å². The number of hydrogen-bond acceptors (Lipinski definition) is 19. The van der Waals surface area contributed by atoms with Gasteiger partial charge in [0.1, 0.15) is 23.1 Å². The first kappa shape index (κ1) is 61.9. The van der Waals surface area contributed by atoms with Crippen molar-refractivity contribution in [2.45, 2.75) is 142 Å². The van der Waals surface area contributed by atoms with Crippen molar-refractivity contribution in [3.63, 3.8) is 0 Å². The Hall–Kier alpha value is -5.65. The number of benzene rings is 1. The third-order valence-corrected chi connectivity index (χ3v) is 16.3. The van der Waals surface area contributed by atoms with E-state index in [4.69, 9.17) is 14.2 Å². The summed E-state index contributed by atoms with van der Waals surface area (Å²) in [5, 5.41) is 28.7. The summed E-state index contributed by atoms with van der Waals surface area (Å²) >= 11 is 1.08. The predicted octanol–water partition coefficient (Wildman–Crippen LogP) is 8.51. The first-order valence-electron chi connectivity index (χ1n) is 25.4. The third kappa shape index (κ3) is 20.1. The van der Waals surface area contributed by atoms with E-state index in [9.17, 15) is 48.8 Å². The van der Waals surface area contributed by atoms with Crippen molar-refractivity contribution >= 4 is 80.0 Å². The zero-order valence-electron chi connectivity index (χ0n) is 44.2. The topological polar surface area (TPSA) is 267 Å². The van der Waals surface area contributed by atoms with Crippen LogP contribution in [0, 0.1) is 33.8 Å². The van der Waals surface area contributed by atoms with Crippen molar-refractivity contribution in [1.82, 2.24) is 30.4 Å². The van der Waals surface area contributed by atoms with Crippen LogP contribution in [0.5, 0.6) is 5.75 Å². The molecule has 0 saturated carbocycles. The molecule has 75 heavy (non-hydrogen) atoms. The number of nitrogens with zero attached hydrogens (tertiary/aromatic N) is 5. The van der Waals surface area contributed by atoms with E-state index >= 15 is 0 Å². The quantitative estimate of drug-likeness (QED) is 0.0104. The van der Waals surface area contributed by atoms with E-state index in [0.717, 1.165) is 47.1 Å². The molecule has 1 unspecified atom stereocenters. The second-order valence-electron chi connectivity index (χ2n) is 19.2. The molecular weight excluding hydrogens is 1030 g/mol. The molecule has 3 heterocycles. The standard InChI is InChI=1S/C52H73N7O13S3/c1-9-14-47(64)71-31-58(51(66)39(33(5)10-2)27-44(62)41-15-11-12-22-57(41)8)43(32(3)4)28-46(72-35(7)60)50-56-40(30-73-50)48(65)55-37(26-36-17-19-38(61)20-18-36)25-34(6)45(63)29-54-52(67)70-23-24-74-75-49-42(59(68)69)16-13-21-53-49/h13,16-21,30,32-34,37,39,41,43,46,61H,9-12,14-15,22-29,31H2,1-8H3,(H,54,67)(H,55,65)/t33-,34-,37+,39?,41+,43+,46+/m0/s1. The van der Waals surface area contributed by atoms with Gasteiger partial charge in [-0.05, 0) is 92.1 Å². The van der Waals surface area contributed by atoms with Gasteiger partial charge in [0.15, 0.2) is 29.4 Å². The van der Waals surface area contributed by atoms with Gasteiger partial charge in [-0.1, -0.05) is 77.3 Å². The van der Waals surface area contributed by atoms with Gasteiger partial charge in [0.05, 0.1) is 17.5 Å². The maximum atomic E-state index is 15.0. The number of carbonyl (C=O) groups is 7. The van der Waals surface area contributed by atoms with Gasteiger partial charge in [0.25, 0.3) is 5.91 Å². The number of esters is 2. The van der Waals surface area contributed by atoms with Gasteiger partial charge in [-0.25, -0.2) is 14.8 Å². The number of carbonyl (C=O) groups excluding carboxylic acids is 7. The van der Waals surface area contributed by atoms with Crippen LogP contribution in [0.15, 0.2) is 53.0 Å². The molecule has 1 fully saturated rings. The van der Waals surface area contributed by atoms with Crippen molar-refractivity contribution in [3.8, 4) is 5.75 Å². The molecule has 23 heteroatoms. The minimum absolute atomic E-state index is 0.00613. The Morgan fingerprint density at radius 2 is 1.76 bits per heavy atom. The summed E-state index contributed by atoms with van der Waals surface area (Å²) in [6, 6.07) is 7.60. The molecule has 1 saturated heterocycles. The third-order valence-electron chi connectivity index (χ3n) is 13.1. The molecule has 1 aromatic carbocycles. The Bertz CT molecular complexity index is 2390. The van der Waals surface area contributed by atoms with Gasteiger partial charge < -0.3 is 34.9 Å². The van der Waals surface area contributed by atoms with Gasteiger partial charge in [-0.2, -0.15) is 0 Å². The largest absolute Gasteiger partial charge is 0.508 e. The van der Waals surface area contributed by atoms with Crippen LogP contribution in [-0.2, 0) is 44.6 Å². The maximum Gasteiger partial charge on any atom is 0.407 e. The van der Waals surface area contributed by atoms with Crippen molar-refractivity contribution in [1.29, 1.82) is 0 Å². The van der Waals surface area contributed by atoms with E-state index in [-0.39, 0.29) is 120 Å². The monoisotopic (exact) mass is 1100 g/mol. The molecule has 3 amide bonds. The highest BCUT2D eigenvalue weighted by Crippen LogP contribution is 2.36. The van der Waals surface area contributed by atoms with Crippen LogP contribution in [0.2, 0.25) is 0 Å². The van der Waals surface area contributed by atoms with Crippen molar-refractivity contribution in [3.05, 3.63) is 74.4 Å². The fraction of sp³-hybridized carbons (Fsp3) is 0.596. The number of aromatic nitrogens is 2. The fourth-order valence-electron chi connectivity index (χ4n) is 8.69. The molecule has 0 bridgehead atoms. The maximum absolute atomic E-state index is 15.0. The number of phenolic OH excluding ortho intramolecular Hbond substituents is 1. The first-order chi connectivity index (χ1) is 35.7. The average molecular weight is 1100 g/mol. The summed E-state index contributed by atoms with van der Waals surface area (Å²) in [5.41, 5.74) is 0.623. The molecule has 412 valence electrons. The van der Waals surface area contributed by atoms with Crippen LogP contribution in [-0.4, -0.2) is 129 Å². The average Bonchev–Trinajstić information content (AvgIpc) is 3.88. The molecule has 4 rings (SSSR count). The van der Waals surface area contributed by atoms with Crippen molar-refractivity contribution < 1.29 is 57.8 Å². The second-order valence-corrected chi connectivity index (χ2v) is 22.5. The summed E-state index contributed by atoms with van der Waals surface area (Å²) in [7, 11) is 4.22. The zero-order valence-corrected chi connectivity index (χ0v) is 46.6. The van der Waals surface area contributed by atoms with Gasteiger partial charge in [0, 0.05) is 73.5 Å². The summed E-state index contributed by atoms with van der Waals surface area (Å²) in [6.07, 6.45) is 3.95. The Kier molecular flexibility index (Phi) is 25.9. The number of ether oxygens (including phenoxy) is 3. The van der Waals surface area contributed by atoms with Crippen LogP contribution >= 0.6 is 32.9 Å². The highest BCUT2D eigenvalue weighted by Gasteiger charge is 2.40. The number of nitro groups is 1. The Morgan fingerprint density at radius 1 is 1.03 bits per heavy atom. The Balaban J connectivity index is 1.49. The normalized spacial score (nSPS) is 16.1. The van der Waals surface area contributed by atoms with Crippen LogP contribution in [0.4, 0.5) is 10.5 Å². The lowest BCUT2D eigenvalue weighted by atomic mass is 9.82. The molecule has 20 nitrogen and oxygen atoms in total. The van der Waals surface area contributed by atoms with Gasteiger partial charge in [-0.15, -0.1) is 11.3 Å². The SMILES string of the molecule is CCCC(=O)OCN(C(=O)C(CC(=O)[C@H]1CCCCN1C)[C@@H](C)CC)[C@H](C[C@@H](OC(C)=O)c1nc(C(=O)N[C@@H](Cc2ccc(O)cc2)C[C@H](C)C(=O)CNC(=O)OCCSSc2ncccc2[N+](=O)[O-])cs1)C(C)C. The number of aromatic hydroxyl groups is 1. The Morgan fingerprint density at radius 3 is 2.41 bits per heavy atom. The molecule has 0 radical (unpaired) electrons. The summed E-state index contributed by atoms with van der Waals surface area (Å²) in [6.45, 7) is 12.5. The minimum Gasteiger partial charge on any atom is -0.508 e. The van der Waals surface area contributed by atoms with E-state index in [1.165, 1.54) is 58.5 Å². The molecule has 7 atom stereocenters. The highest BCUT2D eigenvalue weighted by molar-refractivity contribution is 8.76. The number of likely N-dealkylation sites (tertiary alicyclic amines) is 1. The number of piperidine rings is 1. The van der Waals surface area contributed by atoms with E-state index < -0.39 is 58.9 Å². The van der Waals surface area contributed by atoms with Gasteiger partial charge >= 0.3 is 23.7 Å². The van der Waals surface area contributed by atoms with Crippen LogP contribution in [0.25, 0.3) is 0 Å². The zero-order chi connectivity index (χ0) is 55.2. The van der Waals surface area contributed by atoms with E-state index in [2.05, 4.69) is 20.6 Å². The number of rotatable bonds is 31. The number of likely N-dealkylation sites (N-methyl/N-ethyl adjacent to an activating group) is 1.